The molecule has 5 rings (SSSR count). The highest BCUT2D eigenvalue weighted by atomic mass is 16.5. The Balaban J connectivity index is 1.57. The lowest BCUT2D eigenvalue weighted by Gasteiger charge is -2.29. The van der Waals surface area contributed by atoms with Crippen LogP contribution in [0.5, 0.6) is 11.5 Å². The van der Waals surface area contributed by atoms with Crippen molar-refractivity contribution in [3.8, 4) is 22.8 Å². The van der Waals surface area contributed by atoms with Gasteiger partial charge in [-0.3, -0.25) is 9.89 Å². The molecule has 0 spiro atoms. The molecule has 184 valence electrons. The van der Waals surface area contributed by atoms with Gasteiger partial charge in [-0.05, 0) is 43.9 Å². The van der Waals surface area contributed by atoms with Crippen LogP contribution in [0.3, 0.4) is 0 Å². The highest BCUT2D eigenvalue weighted by molar-refractivity contribution is 6.00. The summed E-state index contributed by atoms with van der Waals surface area (Å²) in [5.74, 6) is 1.38. The molecule has 2 atom stereocenters. The summed E-state index contributed by atoms with van der Waals surface area (Å²) >= 11 is 0. The molecule has 1 saturated heterocycles. The first-order chi connectivity index (χ1) is 17.2. The molecule has 1 fully saturated rings. The molecule has 2 aromatic carbocycles. The van der Waals surface area contributed by atoms with E-state index in [0.29, 0.717) is 31.2 Å². The quantitative estimate of drug-likeness (QED) is 0.399. The number of amides is 1. The Bertz CT molecular complexity index is 1150. The van der Waals surface area contributed by atoms with Crippen molar-refractivity contribution in [1.82, 2.24) is 15.1 Å². The van der Waals surface area contributed by atoms with E-state index in [1.165, 1.54) is 0 Å². The third kappa shape index (κ3) is 4.65. The zero-order valence-electron chi connectivity index (χ0n) is 20.5. The van der Waals surface area contributed by atoms with Crippen molar-refractivity contribution in [2.45, 2.75) is 51.7 Å². The fourth-order valence-corrected chi connectivity index (χ4v) is 4.96. The molecule has 2 aliphatic rings. The maximum atomic E-state index is 13.6. The maximum Gasteiger partial charge on any atom is 0.273 e. The average Bonchev–Trinajstić information content (AvgIpc) is 3.60. The van der Waals surface area contributed by atoms with E-state index in [9.17, 15) is 4.79 Å². The maximum absolute atomic E-state index is 13.6. The lowest BCUT2D eigenvalue weighted by Crippen LogP contribution is -2.36. The SMILES string of the molecule is CCCCOc1ccc(C2c3c(-c4ccccc4)n[nH]c3C(=O)N2CC2CCCO2)cc1OCC. The Hall–Kier alpha value is -3.32. The molecule has 0 aliphatic carbocycles. The number of H-pyrrole nitrogens is 1. The Kier molecular flexibility index (Phi) is 7.04. The van der Waals surface area contributed by atoms with Gasteiger partial charge in [0.15, 0.2) is 11.5 Å². The minimum atomic E-state index is -0.292. The lowest BCUT2D eigenvalue weighted by molar-refractivity contribution is 0.0495. The van der Waals surface area contributed by atoms with Gasteiger partial charge in [0.1, 0.15) is 5.69 Å². The zero-order valence-corrected chi connectivity index (χ0v) is 20.5. The highest BCUT2D eigenvalue weighted by Gasteiger charge is 2.43. The molecular formula is C28H33N3O4. The Morgan fingerprint density at radius 2 is 1.97 bits per heavy atom. The topological polar surface area (TPSA) is 76.7 Å². The van der Waals surface area contributed by atoms with Crippen molar-refractivity contribution in [3.63, 3.8) is 0 Å². The highest BCUT2D eigenvalue weighted by Crippen LogP contribution is 2.45. The number of ether oxygens (including phenoxy) is 3. The third-order valence-corrected chi connectivity index (χ3v) is 6.67. The summed E-state index contributed by atoms with van der Waals surface area (Å²) in [7, 11) is 0. The van der Waals surface area contributed by atoms with E-state index in [0.717, 1.165) is 60.4 Å². The number of rotatable bonds is 10. The van der Waals surface area contributed by atoms with Gasteiger partial charge in [-0.25, -0.2) is 0 Å². The van der Waals surface area contributed by atoms with Gasteiger partial charge < -0.3 is 19.1 Å². The second-order valence-corrected chi connectivity index (χ2v) is 9.06. The Morgan fingerprint density at radius 1 is 1.11 bits per heavy atom. The first-order valence-corrected chi connectivity index (χ1v) is 12.7. The second kappa shape index (κ2) is 10.5. The van der Waals surface area contributed by atoms with Crippen LogP contribution in [0.25, 0.3) is 11.3 Å². The lowest BCUT2D eigenvalue weighted by atomic mass is 9.95. The largest absolute Gasteiger partial charge is 0.490 e. The normalized spacial score (nSPS) is 19.3. The van der Waals surface area contributed by atoms with Gasteiger partial charge in [0.25, 0.3) is 5.91 Å². The molecule has 3 aromatic rings. The number of unbranched alkanes of at least 4 members (excludes halogenated alkanes) is 1. The number of aromatic amines is 1. The van der Waals surface area contributed by atoms with Gasteiger partial charge >= 0.3 is 0 Å². The minimum Gasteiger partial charge on any atom is -0.490 e. The van der Waals surface area contributed by atoms with Gasteiger partial charge in [-0.2, -0.15) is 5.10 Å². The number of fused-ring (bicyclic) bond motifs is 1. The van der Waals surface area contributed by atoms with Crippen LogP contribution in [0.1, 0.15) is 67.2 Å². The molecule has 35 heavy (non-hydrogen) atoms. The Labute approximate surface area is 206 Å². The molecule has 0 bridgehead atoms. The van der Waals surface area contributed by atoms with Crippen molar-refractivity contribution in [1.29, 1.82) is 0 Å². The van der Waals surface area contributed by atoms with Crippen LogP contribution in [0.2, 0.25) is 0 Å². The van der Waals surface area contributed by atoms with E-state index in [-0.39, 0.29) is 18.1 Å². The summed E-state index contributed by atoms with van der Waals surface area (Å²) in [6.45, 7) is 6.57. The predicted molar refractivity (Wildman–Crippen MR) is 134 cm³/mol. The second-order valence-electron chi connectivity index (χ2n) is 9.06. The molecule has 1 aromatic heterocycles. The molecule has 0 saturated carbocycles. The van der Waals surface area contributed by atoms with Crippen LogP contribution >= 0.6 is 0 Å². The number of aromatic nitrogens is 2. The molecule has 1 N–H and O–H groups in total. The molecule has 1 amide bonds. The van der Waals surface area contributed by atoms with Crippen molar-refractivity contribution >= 4 is 5.91 Å². The first kappa shape index (κ1) is 23.4. The summed E-state index contributed by atoms with van der Waals surface area (Å²) in [6.07, 6.45) is 4.08. The number of hydrogen-bond donors (Lipinski definition) is 1. The summed E-state index contributed by atoms with van der Waals surface area (Å²) in [4.78, 5) is 15.5. The van der Waals surface area contributed by atoms with Crippen LogP contribution in [-0.2, 0) is 4.74 Å². The molecule has 2 aliphatic heterocycles. The van der Waals surface area contributed by atoms with E-state index >= 15 is 0 Å². The van der Waals surface area contributed by atoms with Crippen LogP contribution in [-0.4, -0.2) is 53.5 Å². The van der Waals surface area contributed by atoms with Crippen LogP contribution < -0.4 is 9.47 Å². The van der Waals surface area contributed by atoms with Gasteiger partial charge in [-0.1, -0.05) is 49.7 Å². The van der Waals surface area contributed by atoms with E-state index < -0.39 is 0 Å². The van der Waals surface area contributed by atoms with Crippen LogP contribution in [0.15, 0.2) is 48.5 Å². The summed E-state index contributed by atoms with van der Waals surface area (Å²) in [6, 6.07) is 15.7. The number of hydrogen-bond acceptors (Lipinski definition) is 5. The number of carbonyl (C=O) groups is 1. The number of benzene rings is 2. The van der Waals surface area contributed by atoms with Crippen molar-refractivity contribution in [2.75, 3.05) is 26.4 Å². The smallest absolute Gasteiger partial charge is 0.273 e. The molecule has 7 nitrogen and oxygen atoms in total. The molecule has 7 heteroatoms. The van der Waals surface area contributed by atoms with Gasteiger partial charge in [0.05, 0.1) is 31.1 Å². The van der Waals surface area contributed by atoms with Crippen LogP contribution in [0, 0.1) is 0 Å². The molecule has 2 unspecified atom stereocenters. The summed E-state index contributed by atoms with van der Waals surface area (Å²) in [5.41, 5.74) is 4.20. The van der Waals surface area contributed by atoms with Crippen molar-refractivity contribution in [2.24, 2.45) is 0 Å². The van der Waals surface area contributed by atoms with Crippen molar-refractivity contribution < 1.29 is 19.0 Å². The van der Waals surface area contributed by atoms with Gasteiger partial charge in [0.2, 0.25) is 0 Å². The Morgan fingerprint density at radius 3 is 2.71 bits per heavy atom. The predicted octanol–water partition coefficient (Wildman–Crippen LogP) is 5.38. The van der Waals surface area contributed by atoms with E-state index in [4.69, 9.17) is 14.2 Å². The monoisotopic (exact) mass is 475 g/mol. The fraction of sp³-hybridized carbons (Fsp3) is 0.429. The van der Waals surface area contributed by atoms with E-state index in [1.54, 1.807) is 0 Å². The molecule has 3 heterocycles. The van der Waals surface area contributed by atoms with Crippen LogP contribution in [0.4, 0.5) is 0 Å². The fourth-order valence-electron chi connectivity index (χ4n) is 4.96. The summed E-state index contributed by atoms with van der Waals surface area (Å²) < 4.78 is 17.9. The molecule has 0 radical (unpaired) electrons. The third-order valence-electron chi connectivity index (χ3n) is 6.67. The average molecular weight is 476 g/mol. The van der Waals surface area contributed by atoms with E-state index in [1.807, 2.05) is 60.4 Å². The number of carbonyl (C=O) groups excluding carboxylic acids is 1. The zero-order chi connectivity index (χ0) is 24.2. The first-order valence-electron chi connectivity index (χ1n) is 12.7. The summed E-state index contributed by atoms with van der Waals surface area (Å²) in [5, 5.41) is 7.60. The number of nitrogens with one attached hydrogen (secondary N) is 1. The molecular weight excluding hydrogens is 442 g/mol. The standard InChI is InChI=1S/C28H33N3O4/c1-3-5-15-35-22-14-13-20(17-23(22)33-4-2)27-24-25(19-10-7-6-8-11-19)29-30-26(24)28(32)31(27)18-21-12-9-16-34-21/h6-8,10-11,13-14,17,21,27H,3-5,9,12,15-16,18H2,1-2H3,(H,29,30). The minimum absolute atomic E-state index is 0.0432. The number of nitrogens with zero attached hydrogens (tertiary/aromatic N) is 2. The van der Waals surface area contributed by atoms with Gasteiger partial charge in [0, 0.05) is 24.3 Å². The van der Waals surface area contributed by atoms with Crippen molar-refractivity contribution in [3.05, 3.63) is 65.4 Å². The van der Waals surface area contributed by atoms with Gasteiger partial charge in [-0.15, -0.1) is 0 Å². The van der Waals surface area contributed by atoms with E-state index in [2.05, 4.69) is 17.1 Å².